The van der Waals surface area contributed by atoms with Crippen LogP contribution in [0.2, 0.25) is 10.1 Å². The summed E-state index contributed by atoms with van der Waals surface area (Å²) < 4.78 is 16.0. The third-order valence-electron chi connectivity index (χ3n) is 12.9. The third-order valence-corrected chi connectivity index (χ3v) is 24.5. The van der Waals surface area contributed by atoms with Crippen LogP contribution in [-0.2, 0) is 13.6 Å². The molecule has 1 aliphatic carbocycles. The van der Waals surface area contributed by atoms with Gasteiger partial charge < -0.3 is 14.2 Å². The molecule has 5 atom stereocenters. The molecule has 7 heteroatoms. The molecule has 314 valence electrons. The minimum Gasteiger partial charge on any atom is -0.404 e. The van der Waals surface area contributed by atoms with Gasteiger partial charge in [0, 0.05) is 29.6 Å². The summed E-state index contributed by atoms with van der Waals surface area (Å²) in [4.78, 5) is 14.4. The van der Waals surface area contributed by atoms with E-state index in [1.165, 1.54) is 20.7 Å². The maximum atomic E-state index is 13.7. The summed E-state index contributed by atoms with van der Waals surface area (Å²) in [6.45, 7) is 16.4. The van der Waals surface area contributed by atoms with E-state index in [1.54, 1.807) is 0 Å². The van der Waals surface area contributed by atoms with Gasteiger partial charge in [-0.2, -0.15) is 0 Å². The Morgan fingerprint density at radius 1 is 0.683 bits per heavy atom. The second-order valence-corrected chi connectivity index (χ2v) is 28.9. The molecule has 7 rings (SSSR count). The largest absolute Gasteiger partial charge is 0.404 e. The first-order valence-electron chi connectivity index (χ1n) is 22.1. The first kappa shape index (κ1) is 44.1. The van der Waals surface area contributed by atoms with E-state index in [-0.39, 0.29) is 40.0 Å². The topological polar surface area (TPSA) is 47.6 Å². The molecule has 0 spiro atoms. The van der Waals surface area contributed by atoms with Crippen LogP contribution in [0.15, 0.2) is 169 Å². The first-order chi connectivity index (χ1) is 28.8. The van der Waals surface area contributed by atoms with Crippen LogP contribution < -0.4 is 26.1 Å². The van der Waals surface area contributed by atoms with Crippen molar-refractivity contribution in [2.75, 3.05) is 0 Å². The van der Waals surface area contributed by atoms with E-state index in [9.17, 15) is 4.79 Å². The van der Waals surface area contributed by atoms with Gasteiger partial charge in [-0.3, -0.25) is 4.79 Å². The zero-order chi connectivity index (χ0) is 42.4. The van der Waals surface area contributed by atoms with Crippen molar-refractivity contribution in [3.05, 3.63) is 164 Å². The highest BCUT2D eigenvalue weighted by molar-refractivity contribution is 8.00. The maximum Gasteiger partial charge on any atom is 0.261 e. The summed E-state index contributed by atoms with van der Waals surface area (Å²) in [5.74, 6) is 0.117. The number of nitrogens with one attached hydrogen (secondary N) is 1. The van der Waals surface area contributed by atoms with Gasteiger partial charge in [0.2, 0.25) is 5.91 Å². The molecule has 2 fully saturated rings. The molecule has 1 aliphatic heterocycles. The summed E-state index contributed by atoms with van der Waals surface area (Å²) in [6, 6.07) is 54.6. The van der Waals surface area contributed by atoms with Crippen LogP contribution in [0.1, 0.15) is 87.0 Å². The summed E-state index contributed by atoms with van der Waals surface area (Å²) in [7, 11) is -5.83. The maximum absolute atomic E-state index is 13.7. The van der Waals surface area contributed by atoms with Crippen LogP contribution in [0.3, 0.4) is 0 Å². The fourth-order valence-corrected chi connectivity index (χ4v) is 21.1. The molecule has 0 radical (unpaired) electrons. The molecular formula is C53H65NO3SSi2. The van der Waals surface area contributed by atoms with Gasteiger partial charge in [0.05, 0.1) is 17.1 Å². The molecule has 0 bridgehead atoms. The number of carbonyl (C=O) groups excluding carboxylic acids is 1. The molecule has 4 unspecified atom stereocenters. The fourth-order valence-electron chi connectivity index (χ4n) is 10.2. The van der Waals surface area contributed by atoms with Crippen LogP contribution in [0.5, 0.6) is 0 Å². The Bertz CT molecular complexity index is 2080. The number of hydrogen-bond donors (Lipinski definition) is 1. The predicted molar refractivity (Wildman–Crippen MR) is 258 cm³/mol. The van der Waals surface area contributed by atoms with E-state index >= 15 is 0 Å². The molecule has 1 heterocycles. The molecule has 5 aromatic rings. The quantitative estimate of drug-likeness (QED) is 0.0610. The number of carbonyl (C=O) groups is 1. The van der Waals surface area contributed by atoms with E-state index in [1.807, 2.05) is 11.8 Å². The number of amides is 1. The van der Waals surface area contributed by atoms with Crippen LogP contribution in [0.25, 0.3) is 0 Å². The Hall–Kier alpha value is -3.99. The van der Waals surface area contributed by atoms with Gasteiger partial charge in [-0.25, -0.2) is 0 Å². The predicted octanol–water partition coefficient (Wildman–Crippen LogP) is 10.7. The van der Waals surface area contributed by atoms with Crippen molar-refractivity contribution in [1.82, 2.24) is 5.32 Å². The van der Waals surface area contributed by atoms with Gasteiger partial charge in [0.15, 0.2) is 0 Å². The SMILES string of the molecule is CCCCC[C@@H](C=CC1C(O[Si](c2ccccc2)(c2ccccc2)C(C)(C)C)CC2(Sc3ccccc3)NC(=O)CC12)O[Si](c1ccccc1)(c1ccccc1)C(C)(C)C. The van der Waals surface area contributed by atoms with Gasteiger partial charge in [-0.15, -0.1) is 0 Å². The fraction of sp³-hybridized carbons (Fsp3) is 0.377. The third kappa shape index (κ3) is 8.84. The van der Waals surface area contributed by atoms with Gasteiger partial charge in [0.1, 0.15) is 0 Å². The molecular weight excluding hydrogens is 787 g/mol. The van der Waals surface area contributed by atoms with E-state index in [0.29, 0.717) is 12.8 Å². The van der Waals surface area contributed by atoms with E-state index < -0.39 is 21.5 Å². The molecule has 4 nitrogen and oxygen atoms in total. The average Bonchev–Trinajstić information content (AvgIpc) is 3.70. The highest BCUT2D eigenvalue weighted by atomic mass is 32.2. The van der Waals surface area contributed by atoms with Gasteiger partial charge in [-0.05, 0) is 49.4 Å². The molecule has 0 aromatic heterocycles. The van der Waals surface area contributed by atoms with E-state index in [4.69, 9.17) is 8.85 Å². The number of fused-ring (bicyclic) bond motifs is 1. The Balaban J connectivity index is 1.37. The Morgan fingerprint density at radius 2 is 1.13 bits per heavy atom. The van der Waals surface area contributed by atoms with Crippen molar-refractivity contribution >= 4 is 55.1 Å². The van der Waals surface area contributed by atoms with Crippen molar-refractivity contribution < 1.29 is 13.6 Å². The van der Waals surface area contributed by atoms with Crippen molar-refractivity contribution in [1.29, 1.82) is 0 Å². The minimum atomic E-state index is -2.96. The van der Waals surface area contributed by atoms with E-state index in [2.05, 4.69) is 218 Å². The Morgan fingerprint density at radius 3 is 1.58 bits per heavy atom. The molecule has 1 saturated heterocycles. The molecule has 5 aromatic carbocycles. The highest BCUT2D eigenvalue weighted by Gasteiger charge is 2.62. The molecule has 1 N–H and O–H groups in total. The molecule has 1 saturated carbocycles. The summed E-state index contributed by atoms with van der Waals surface area (Å²) in [6.07, 6.45) is 10.0. The second-order valence-electron chi connectivity index (χ2n) is 19.0. The lowest BCUT2D eigenvalue weighted by Gasteiger charge is -2.46. The van der Waals surface area contributed by atoms with Gasteiger partial charge in [0.25, 0.3) is 16.6 Å². The minimum absolute atomic E-state index is 0.0267. The van der Waals surface area contributed by atoms with Crippen molar-refractivity contribution in [2.45, 2.75) is 119 Å². The van der Waals surface area contributed by atoms with Crippen LogP contribution in [-0.4, -0.2) is 39.6 Å². The summed E-state index contributed by atoms with van der Waals surface area (Å²) >= 11 is 1.81. The monoisotopic (exact) mass is 851 g/mol. The number of thioether (sulfide) groups is 1. The lowest BCUT2D eigenvalue weighted by atomic mass is 9.91. The lowest BCUT2D eigenvalue weighted by Crippen LogP contribution is -2.68. The van der Waals surface area contributed by atoms with Crippen molar-refractivity contribution in [3.8, 4) is 0 Å². The smallest absolute Gasteiger partial charge is 0.261 e. The Kier molecular flexibility index (Phi) is 13.6. The van der Waals surface area contributed by atoms with E-state index in [0.717, 1.165) is 30.6 Å². The van der Waals surface area contributed by atoms with Crippen molar-refractivity contribution in [3.63, 3.8) is 0 Å². The summed E-state index contributed by atoms with van der Waals surface area (Å²) in [5.41, 5.74) is 0. The Labute approximate surface area is 366 Å². The van der Waals surface area contributed by atoms with Gasteiger partial charge in [-0.1, -0.05) is 231 Å². The highest BCUT2D eigenvalue weighted by Crippen LogP contribution is 2.57. The zero-order valence-electron chi connectivity index (χ0n) is 36.8. The molecule has 1 amide bonds. The molecule has 60 heavy (non-hydrogen) atoms. The molecule has 2 aliphatic rings. The number of unbranched alkanes of at least 4 members (excludes halogenated alkanes) is 2. The number of rotatable bonds is 16. The zero-order valence-corrected chi connectivity index (χ0v) is 39.6. The normalized spacial score (nSPS) is 21.5. The second kappa shape index (κ2) is 18.6. The first-order valence-corrected chi connectivity index (χ1v) is 26.8. The standard InChI is InChI=1S/C53H65NO3SSi2/c1-8-9-15-26-41(56-59(51(2,3)4,43-29-18-11-19-30-43)44-31-20-12-21-32-44)37-38-47-48-39-50(55)54-53(48,58-42-27-16-10-17-28-42)40-49(47)57-60(52(5,6)7,45-33-22-13-23-34-45)46-35-24-14-25-36-46/h10-14,16-25,27-38,41,47-49H,8-9,15,26,39-40H2,1-7H3,(H,54,55)/t41-,47?,48?,49?,53?/m0/s1. The number of benzene rings is 5. The number of hydrogen-bond acceptors (Lipinski definition) is 4. The van der Waals surface area contributed by atoms with Crippen LogP contribution in [0.4, 0.5) is 0 Å². The van der Waals surface area contributed by atoms with Crippen LogP contribution >= 0.6 is 11.8 Å². The average molecular weight is 852 g/mol. The van der Waals surface area contributed by atoms with Crippen molar-refractivity contribution in [2.24, 2.45) is 11.8 Å². The lowest BCUT2D eigenvalue weighted by molar-refractivity contribution is -0.119. The van der Waals surface area contributed by atoms with Crippen LogP contribution in [0, 0.1) is 11.8 Å². The van der Waals surface area contributed by atoms with Gasteiger partial charge >= 0.3 is 0 Å². The summed E-state index contributed by atoms with van der Waals surface area (Å²) in [5, 5.41) is 8.34.